The Morgan fingerprint density at radius 1 is 1.38 bits per heavy atom. The zero-order valence-corrected chi connectivity index (χ0v) is 8.12. The molecule has 0 aliphatic heterocycles. The van der Waals surface area contributed by atoms with Gasteiger partial charge in [-0.2, -0.15) is 0 Å². The number of aromatic nitrogens is 2. The molecule has 1 heterocycles. The van der Waals surface area contributed by atoms with Crippen LogP contribution in [0.25, 0.3) is 0 Å². The number of hydrogen-bond acceptors (Lipinski definition) is 3. The van der Waals surface area contributed by atoms with Gasteiger partial charge in [0.2, 0.25) is 0 Å². The van der Waals surface area contributed by atoms with E-state index >= 15 is 0 Å². The fourth-order valence-corrected chi connectivity index (χ4v) is 1.86. The lowest BCUT2D eigenvalue weighted by molar-refractivity contribution is 0.388. The normalized spacial score (nSPS) is 21.1. The van der Waals surface area contributed by atoms with Crippen molar-refractivity contribution in [2.75, 3.05) is 7.05 Å². The molecule has 0 radical (unpaired) electrons. The van der Waals surface area contributed by atoms with Crippen LogP contribution in [-0.4, -0.2) is 17.0 Å². The molecule has 1 fully saturated rings. The molecule has 0 bridgehead atoms. The molecule has 1 aliphatic carbocycles. The molecule has 0 amide bonds. The minimum Gasteiger partial charge on any atom is -0.312 e. The van der Waals surface area contributed by atoms with Crippen molar-refractivity contribution in [1.29, 1.82) is 0 Å². The molecule has 3 heteroatoms. The van der Waals surface area contributed by atoms with E-state index in [0.717, 1.165) is 0 Å². The lowest BCUT2D eigenvalue weighted by Crippen LogP contribution is -2.24. The van der Waals surface area contributed by atoms with E-state index in [1.807, 2.05) is 19.4 Å². The number of hydrogen-bond donors (Lipinski definition) is 1. The molecule has 0 saturated heterocycles. The Labute approximate surface area is 78.6 Å². The van der Waals surface area contributed by atoms with Crippen LogP contribution < -0.4 is 5.32 Å². The average molecular weight is 177 g/mol. The van der Waals surface area contributed by atoms with Crippen LogP contribution in [-0.2, 0) is 0 Å². The Balaban J connectivity index is 2.23. The van der Waals surface area contributed by atoms with Gasteiger partial charge in [0.25, 0.3) is 0 Å². The largest absolute Gasteiger partial charge is 0.312 e. The third kappa shape index (κ3) is 1.56. The van der Waals surface area contributed by atoms with Gasteiger partial charge >= 0.3 is 0 Å². The first-order chi connectivity index (χ1) is 6.26. The summed E-state index contributed by atoms with van der Waals surface area (Å²) in [6, 6.07) is 0.411. The Kier molecular flexibility index (Phi) is 2.04. The van der Waals surface area contributed by atoms with E-state index in [4.69, 9.17) is 0 Å². The van der Waals surface area contributed by atoms with Crippen molar-refractivity contribution >= 4 is 0 Å². The monoisotopic (exact) mass is 177 g/mol. The second-order valence-electron chi connectivity index (χ2n) is 4.05. The highest BCUT2D eigenvalue weighted by molar-refractivity contribution is 5.16. The first-order valence-corrected chi connectivity index (χ1v) is 4.68. The molecule has 1 unspecified atom stereocenters. The van der Waals surface area contributed by atoms with Crippen LogP contribution in [0, 0.1) is 5.41 Å². The van der Waals surface area contributed by atoms with E-state index in [-0.39, 0.29) is 0 Å². The van der Waals surface area contributed by atoms with Crippen LogP contribution in [0.3, 0.4) is 0 Å². The SMILES string of the molecule is CNC(c1cncnc1)C1(C)CC1. The van der Waals surface area contributed by atoms with Crippen molar-refractivity contribution in [2.45, 2.75) is 25.8 Å². The smallest absolute Gasteiger partial charge is 0.115 e. The van der Waals surface area contributed by atoms with E-state index in [1.54, 1.807) is 6.33 Å². The molecule has 1 aromatic rings. The van der Waals surface area contributed by atoms with Crippen LogP contribution in [0.15, 0.2) is 18.7 Å². The molecule has 3 nitrogen and oxygen atoms in total. The van der Waals surface area contributed by atoms with Crippen molar-refractivity contribution in [2.24, 2.45) is 5.41 Å². The van der Waals surface area contributed by atoms with Crippen LogP contribution in [0.4, 0.5) is 0 Å². The van der Waals surface area contributed by atoms with Crippen molar-refractivity contribution < 1.29 is 0 Å². The maximum atomic E-state index is 4.04. The number of nitrogens with one attached hydrogen (secondary N) is 1. The van der Waals surface area contributed by atoms with Crippen LogP contribution in [0.1, 0.15) is 31.4 Å². The summed E-state index contributed by atoms with van der Waals surface area (Å²) in [5.74, 6) is 0. The molecule has 13 heavy (non-hydrogen) atoms. The summed E-state index contributed by atoms with van der Waals surface area (Å²) in [4.78, 5) is 8.09. The van der Waals surface area contributed by atoms with Gasteiger partial charge in [0, 0.05) is 24.0 Å². The van der Waals surface area contributed by atoms with Crippen molar-refractivity contribution in [3.05, 3.63) is 24.3 Å². The zero-order valence-electron chi connectivity index (χ0n) is 8.12. The third-order valence-electron chi connectivity index (χ3n) is 2.94. The lowest BCUT2D eigenvalue weighted by Gasteiger charge is -2.22. The summed E-state index contributed by atoms with van der Waals surface area (Å²) < 4.78 is 0. The molecule has 1 aliphatic rings. The molecule has 1 aromatic heterocycles. The number of rotatable bonds is 3. The molecule has 1 N–H and O–H groups in total. The van der Waals surface area contributed by atoms with Gasteiger partial charge in [-0.3, -0.25) is 0 Å². The summed E-state index contributed by atoms with van der Waals surface area (Å²) in [6.07, 6.45) is 7.97. The van der Waals surface area contributed by atoms with E-state index < -0.39 is 0 Å². The number of nitrogens with zero attached hydrogens (tertiary/aromatic N) is 2. The van der Waals surface area contributed by atoms with Gasteiger partial charge in [-0.25, -0.2) is 9.97 Å². The summed E-state index contributed by atoms with van der Waals surface area (Å²) in [6.45, 7) is 2.31. The Morgan fingerprint density at radius 2 is 2.00 bits per heavy atom. The predicted molar refractivity (Wildman–Crippen MR) is 51.2 cm³/mol. The summed E-state index contributed by atoms with van der Waals surface area (Å²) in [7, 11) is 2.00. The van der Waals surface area contributed by atoms with E-state index in [0.29, 0.717) is 11.5 Å². The molecule has 1 saturated carbocycles. The molecule has 0 aromatic carbocycles. The van der Waals surface area contributed by atoms with Crippen molar-refractivity contribution in [1.82, 2.24) is 15.3 Å². The molecule has 70 valence electrons. The van der Waals surface area contributed by atoms with Crippen molar-refractivity contribution in [3.63, 3.8) is 0 Å². The van der Waals surface area contributed by atoms with E-state index in [2.05, 4.69) is 22.2 Å². The predicted octanol–water partition coefficient (Wildman–Crippen LogP) is 1.54. The molecule has 1 atom stereocenters. The molecule has 2 rings (SSSR count). The van der Waals surface area contributed by atoms with Crippen LogP contribution in [0.5, 0.6) is 0 Å². The van der Waals surface area contributed by atoms with Gasteiger partial charge in [0.05, 0.1) is 0 Å². The average Bonchev–Trinajstić information content (AvgIpc) is 2.87. The second kappa shape index (κ2) is 3.07. The maximum Gasteiger partial charge on any atom is 0.115 e. The minimum atomic E-state index is 0.411. The van der Waals surface area contributed by atoms with Crippen LogP contribution >= 0.6 is 0 Å². The first kappa shape index (κ1) is 8.63. The third-order valence-corrected chi connectivity index (χ3v) is 2.94. The lowest BCUT2D eigenvalue weighted by atomic mass is 9.94. The van der Waals surface area contributed by atoms with Gasteiger partial charge < -0.3 is 5.32 Å². The van der Waals surface area contributed by atoms with Gasteiger partial charge in [0.1, 0.15) is 6.33 Å². The Hall–Kier alpha value is -0.960. The highest BCUT2D eigenvalue weighted by atomic mass is 14.9. The maximum absolute atomic E-state index is 4.04. The highest BCUT2D eigenvalue weighted by Gasteiger charge is 2.44. The molecular weight excluding hydrogens is 162 g/mol. The minimum absolute atomic E-state index is 0.411. The van der Waals surface area contributed by atoms with Gasteiger partial charge in [-0.1, -0.05) is 6.92 Å². The van der Waals surface area contributed by atoms with Gasteiger partial charge in [-0.15, -0.1) is 0 Å². The summed E-state index contributed by atoms with van der Waals surface area (Å²) in [5.41, 5.74) is 1.63. The fraction of sp³-hybridized carbons (Fsp3) is 0.600. The Bertz CT molecular complexity index is 279. The fourth-order valence-electron chi connectivity index (χ4n) is 1.86. The van der Waals surface area contributed by atoms with Gasteiger partial charge in [0.15, 0.2) is 0 Å². The zero-order chi connectivity index (χ0) is 9.31. The quantitative estimate of drug-likeness (QED) is 0.761. The standard InChI is InChI=1S/C10H15N3/c1-10(3-4-10)9(11-2)8-5-12-7-13-6-8/h5-7,9,11H,3-4H2,1-2H3. The van der Waals surface area contributed by atoms with E-state index in [9.17, 15) is 0 Å². The molecular formula is C10H15N3. The Morgan fingerprint density at radius 3 is 2.46 bits per heavy atom. The topological polar surface area (TPSA) is 37.8 Å². The summed E-state index contributed by atoms with van der Waals surface area (Å²) in [5, 5.41) is 3.34. The summed E-state index contributed by atoms with van der Waals surface area (Å²) >= 11 is 0. The van der Waals surface area contributed by atoms with E-state index in [1.165, 1.54) is 18.4 Å². The molecule has 0 spiro atoms. The van der Waals surface area contributed by atoms with Crippen LogP contribution in [0.2, 0.25) is 0 Å². The highest BCUT2D eigenvalue weighted by Crippen LogP contribution is 2.53. The first-order valence-electron chi connectivity index (χ1n) is 4.68. The van der Waals surface area contributed by atoms with Crippen molar-refractivity contribution in [3.8, 4) is 0 Å². The van der Waals surface area contributed by atoms with Gasteiger partial charge in [-0.05, 0) is 25.3 Å². The second-order valence-corrected chi connectivity index (χ2v) is 4.05.